The van der Waals surface area contributed by atoms with Crippen molar-refractivity contribution in [3.63, 3.8) is 0 Å². The summed E-state index contributed by atoms with van der Waals surface area (Å²) in [6, 6.07) is 10.7. The first-order valence-corrected chi connectivity index (χ1v) is 8.71. The Morgan fingerprint density at radius 1 is 1.30 bits per heavy atom. The van der Waals surface area contributed by atoms with Crippen molar-refractivity contribution in [1.29, 1.82) is 0 Å². The maximum atomic E-state index is 6.06. The van der Waals surface area contributed by atoms with E-state index in [-0.39, 0.29) is 11.7 Å². The van der Waals surface area contributed by atoms with Crippen LogP contribution in [0.3, 0.4) is 0 Å². The Hall–Kier alpha value is -0.380. The molecule has 0 radical (unpaired) electrons. The van der Waals surface area contributed by atoms with E-state index in [4.69, 9.17) is 9.47 Å². The van der Waals surface area contributed by atoms with Crippen molar-refractivity contribution in [3.05, 3.63) is 35.9 Å². The number of halogens is 1. The van der Waals surface area contributed by atoms with E-state index in [0.29, 0.717) is 0 Å². The molecular weight excluding hydrogens is 316 g/mol. The summed E-state index contributed by atoms with van der Waals surface area (Å²) in [6.45, 7) is 3.87. The van der Waals surface area contributed by atoms with Crippen molar-refractivity contribution >= 4 is 15.9 Å². The Morgan fingerprint density at radius 3 is 2.75 bits per heavy atom. The SMILES string of the molecule is C[C@@](CCCBr)(CO[C@H]1CCCCO1)c1ccccc1. The maximum absolute atomic E-state index is 6.06. The van der Waals surface area contributed by atoms with E-state index in [9.17, 15) is 0 Å². The Bertz CT molecular complexity index is 376. The van der Waals surface area contributed by atoms with Crippen molar-refractivity contribution in [2.45, 2.75) is 50.7 Å². The minimum atomic E-state index is -0.00393. The van der Waals surface area contributed by atoms with Gasteiger partial charge in [0.25, 0.3) is 0 Å². The van der Waals surface area contributed by atoms with Gasteiger partial charge < -0.3 is 9.47 Å². The van der Waals surface area contributed by atoms with Crippen LogP contribution in [-0.4, -0.2) is 24.8 Å². The minimum Gasteiger partial charge on any atom is -0.353 e. The molecule has 1 aromatic carbocycles. The van der Waals surface area contributed by atoms with Gasteiger partial charge in [-0.2, -0.15) is 0 Å². The third-order valence-corrected chi connectivity index (χ3v) is 4.62. The highest BCUT2D eigenvalue weighted by atomic mass is 79.9. The number of benzene rings is 1. The maximum Gasteiger partial charge on any atom is 0.157 e. The van der Waals surface area contributed by atoms with E-state index in [0.717, 1.165) is 37.8 Å². The van der Waals surface area contributed by atoms with Gasteiger partial charge in [-0.05, 0) is 37.7 Å². The molecule has 1 aliphatic rings. The molecule has 1 heterocycles. The molecule has 1 saturated heterocycles. The highest BCUT2D eigenvalue weighted by Crippen LogP contribution is 2.31. The second kappa shape index (κ2) is 8.16. The standard InChI is InChI=1S/C17H25BrO2/c1-17(11-7-12-18,15-8-3-2-4-9-15)14-20-16-10-5-6-13-19-16/h2-4,8-9,16H,5-7,10-14H2,1H3/t16-,17+/m0/s1. The topological polar surface area (TPSA) is 18.5 Å². The molecule has 112 valence electrons. The minimum absolute atomic E-state index is 0.00393. The second-order valence-corrected chi connectivity index (χ2v) is 6.62. The number of ether oxygens (including phenoxy) is 2. The molecule has 1 aromatic rings. The zero-order valence-corrected chi connectivity index (χ0v) is 13.9. The fraction of sp³-hybridized carbons (Fsp3) is 0.647. The molecule has 2 atom stereocenters. The largest absolute Gasteiger partial charge is 0.353 e. The lowest BCUT2D eigenvalue weighted by molar-refractivity contribution is -0.171. The van der Waals surface area contributed by atoms with Crippen LogP contribution in [-0.2, 0) is 14.9 Å². The summed E-state index contributed by atoms with van der Waals surface area (Å²) in [5, 5.41) is 1.04. The second-order valence-electron chi connectivity index (χ2n) is 5.83. The van der Waals surface area contributed by atoms with Crippen LogP contribution >= 0.6 is 15.9 Å². The van der Waals surface area contributed by atoms with E-state index < -0.39 is 0 Å². The summed E-state index contributed by atoms with van der Waals surface area (Å²) in [5.74, 6) is 0. The average molecular weight is 341 g/mol. The quantitative estimate of drug-likeness (QED) is 0.672. The van der Waals surface area contributed by atoms with Gasteiger partial charge in [-0.3, -0.25) is 0 Å². The zero-order valence-electron chi connectivity index (χ0n) is 12.3. The molecule has 3 heteroatoms. The highest BCUT2D eigenvalue weighted by Gasteiger charge is 2.28. The molecular formula is C17H25BrO2. The number of alkyl halides is 1. The van der Waals surface area contributed by atoms with Crippen LogP contribution in [0.5, 0.6) is 0 Å². The predicted molar refractivity (Wildman–Crippen MR) is 86.4 cm³/mol. The predicted octanol–water partition coefficient (Wildman–Crippen LogP) is 4.66. The van der Waals surface area contributed by atoms with Crippen LogP contribution in [0, 0.1) is 0 Å². The van der Waals surface area contributed by atoms with Crippen molar-refractivity contribution in [1.82, 2.24) is 0 Å². The third-order valence-electron chi connectivity index (χ3n) is 4.06. The summed E-state index contributed by atoms with van der Waals surface area (Å²) in [7, 11) is 0. The van der Waals surface area contributed by atoms with Crippen molar-refractivity contribution in [2.75, 3.05) is 18.5 Å². The van der Waals surface area contributed by atoms with Gasteiger partial charge in [0, 0.05) is 17.4 Å². The van der Waals surface area contributed by atoms with E-state index >= 15 is 0 Å². The summed E-state index contributed by atoms with van der Waals surface area (Å²) in [6.07, 6.45) is 5.68. The van der Waals surface area contributed by atoms with Crippen LogP contribution in [0.15, 0.2) is 30.3 Å². The molecule has 20 heavy (non-hydrogen) atoms. The lowest BCUT2D eigenvalue weighted by atomic mass is 9.79. The fourth-order valence-electron chi connectivity index (χ4n) is 2.72. The third kappa shape index (κ3) is 4.57. The van der Waals surface area contributed by atoms with Crippen LogP contribution in [0.1, 0.15) is 44.6 Å². The van der Waals surface area contributed by atoms with E-state index in [1.165, 1.54) is 18.4 Å². The molecule has 0 spiro atoms. The molecule has 2 rings (SSSR count). The first-order chi connectivity index (χ1) is 9.74. The molecule has 0 aromatic heterocycles. The summed E-state index contributed by atoms with van der Waals surface area (Å²) < 4.78 is 11.7. The average Bonchev–Trinajstić information content (AvgIpc) is 2.53. The van der Waals surface area contributed by atoms with Crippen LogP contribution in [0.25, 0.3) is 0 Å². The van der Waals surface area contributed by atoms with Gasteiger partial charge >= 0.3 is 0 Å². The van der Waals surface area contributed by atoms with Gasteiger partial charge in [0.2, 0.25) is 0 Å². The summed E-state index contributed by atoms with van der Waals surface area (Å²) in [4.78, 5) is 0. The molecule has 0 unspecified atom stereocenters. The smallest absolute Gasteiger partial charge is 0.157 e. The van der Waals surface area contributed by atoms with Crippen LogP contribution < -0.4 is 0 Å². The van der Waals surface area contributed by atoms with Gasteiger partial charge in [0.1, 0.15) is 0 Å². The summed E-state index contributed by atoms with van der Waals surface area (Å²) >= 11 is 3.54. The molecule has 0 saturated carbocycles. The van der Waals surface area contributed by atoms with E-state index in [1.807, 2.05) is 0 Å². The van der Waals surface area contributed by atoms with Gasteiger partial charge in [-0.25, -0.2) is 0 Å². The molecule has 1 aliphatic heterocycles. The number of hydrogen-bond donors (Lipinski definition) is 0. The molecule has 0 aliphatic carbocycles. The summed E-state index contributed by atoms with van der Waals surface area (Å²) in [5.41, 5.74) is 1.42. The van der Waals surface area contributed by atoms with Gasteiger partial charge in [-0.1, -0.05) is 53.2 Å². The monoisotopic (exact) mass is 340 g/mol. The Balaban J connectivity index is 1.98. The van der Waals surface area contributed by atoms with Gasteiger partial charge in [0.15, 0.2) is 6.29 Å². The van der Waals surface area contributed by atoms with Crippen molar-refractivity contribution in [3.8, 4) is 0 Å². The van der Waals surface area contributed by atoms with E-state index in [2.05, 4.69) is 53.2 Å². The Morgan fingerprint density at radius 2 is 2.10 bits per heavy atom. The van der Waals surface area contributed by atoms with Crippen LogP contribution in [0.4, 0.5) is 0 Å². The lowest BCUT2D eigenvalue weighted by Gasteiger charge is -2.33. The first kappa shape index (κ1) is 16.0. The van der Waals surface area contributed by atoms with Crippen molar-refractivity contribution < 1.29 is 9.47 Å². The normalized spacial score (nSPS) is 22.4. The Kier molecular flexibility index (Phi) is 6.53. The molecule has 1 fully saturated rings. The molecule has 0 N–H and O–H groups in total. The van der Waals surface area contributed by atoms with Crippen LogP contribution in [0.2, 0.25) is 0 Å². The van der Waals surface area contributed by atoms with E-state index in [1.54, 1.807) is 0 Å². The molecule has 0 amide bonds. The van der Waals surface area contributed by atoms with Gasteiger partial charge in [-0.15, -0.1) is 0 Å². The molecule has 0 bridgehead atoms. The Labute approximate surface area is 131 Å². The highest BCUT2D eigenvalue weighted by molar-refractivity contribution is 9.09. The zero-order chi connectivity index (χ0) is 14.3. The molecule has 2 nitrogen and oxygen atoms in total. The lowest BCUT2D eigenvalue weighted by Crippen LogP contribution is -2.33. The number of rotatable bonds is 7. The fourth-order valence-corrected chi connectivity index (χ4v) is 3.00. The first-order valence-electron chi connectivity index (χ1n) is 7.59. The van der Waals surface area contributed by atoms with Crippen molar-refractivity contribution in [2.24, 2.45) is 0 Å². The number of hydrogen-bond acceptors (Lipinski definition) is 2. The van der Waals surface area contributed by atoms with Gasteiger partial charge in [0.05, 0.1) is 6.61 Å².